The van der Waals surface area contributed by atoms with Crippen LogP contribution in [0.4, 0.5) is 5.13 Å². The number of nitrogens with zero attached hydrogens (tertiary/aromatic N) is 3. The number of pyridine rings is 1. The fourth-order valence-electron chi connectivity index (χ4n) is 1.84. The maximum absolute atomic E-state index is 12.2. The van der Waals surface area contributed by atoms with Gasteiger partial charge in [-0.2, -0.15) is 0 Å². The maximum Gasteiger partial charge on any atom is 0.228 e. The second-order valence-electron chi connectivity index (χ2n) is 5.58. The van der Waals surface area contributed by atoms with Crippen molar-refractivity contribution in [1.29, 1.82) is 0 Å². The van der Waals surface area contributed by atoms with Crippen molar-refractivity contribution < 1.29 is 9.59 Å². The number of carbonyl (C=O) groups excluding carboxylic acids is 2. The average Bonchev–Trinajstić information content (AvgIpc) is 2.95. The zero-order chi connectivity index (χ0) is 16.8. The zero-order valence-corrected chi connectivity index (χ0v) is 14.3. The fraction of sp³-hybridized carbons (Fsp3) is 0.375. The molecule has 2 aromatic heterocycles. The summed E-state index contributed by atoms with van der Waals surface area (Å²) in [6.07, 6.45) is 3.66. The van der Waals surface area contributed by atoms with E-state index in [1.807, 2.05) is 26.0 Å². The number of amides is 2. The van der Waals surface area contributed by atoms with E-state index in [1.165, 1.54) is 11.3 Å². The molecule has 2 aromatic rings. The van der Waals surface area contributed by atoms with Gasteiger partial charge in [0.05, 0.1) is 12.1 Å². The quantitative estimate of drug-likeness (QED) is 0.881. The first-order valence-electron chi connectivity index (χ1n) is 7.34. The Bertz CT molecular complexity index is 670. The Hall–Kier alpha value is -2.28. The number of aromatic nitrogens is 2. The van der Waals surface area contributed by atoms with Gasteiger partial charge in [-0.15, -0.1) is 11.3 Å². The largest absolute Gasteiger partial charge is 0.341 e. The van der Waals surface area contributed by atoms with Gasteiger partial charge in [-0.25, -0.2) is 4.98 Å². The van der Waals surface area contributed by atoms with Crippen molar-refractivity contribution in [2.24, 2.45) is 5.92 Å². The predicted molar refractivity (Wildman–Crippen MR) is 90.0 cm³/mol. The Balaban J connectivity index is 1.90. The van der Waals surface area contributed by atoms with E-state index in [0.29, 0.717) is 17.4 Å². The molecule has 2 amide bonds. The number of nitrogens with one attached hydrogen (secondary N) is 1. The van der Waals surface area contributed by atoms with Crippen LogP contribution in [0.25, 0.3) is 0 Å². The highest BCUT2D eigenvalue weighted by Crippen LogP contribution is 2.17. The number of likely N-dealkylation sites (N-methyl/N-ethyl adjacent to an activating group) is 1. The predicted octanol–water partition coefficient (Wildman–Crippen LogP) is 2.33. The molecule has 2 heterocycles. The third-order valence-electron chi connectivity index (χ3n) is 3.21. The van der Waals surface area contributed by atoms with Crippen molar-refractivity contribution in [2.45, 2.75) is 26.8 Å². The van der Waals surface area contributed by atoms with Crippen LogP contribution in [0.5, 0.6) is 0 Å². The molecule has 0 unspecified atom stereocenters. The fourth-order valence-corrected chi connectivity index (χ4v) is 2.55. The van der Waals surface area contributed by atoms with Gasteiger partial charge in [0, 0.05) is 37.3 Å². The van der Waals surface area contributed by atoms with E-state index < -0.39 is 0 Å². The van der Waals surface area contributed by atoms with Gasteiger partial charge in [-0.05, 0) is 11.6 Å². The summed E-state index contributed by atoms with van der Waals surface area (Å²) in [5.74, 6) is -0.207. The highest BCUT2D eigenvalue weighted by Gasteiger charge is 2.14. The van der Waals surface area contributed by atoms with E-state index in [-0.39, 0.29) is 24.2 Å². The minimum atomic E-state index is -0.102. The second-order valence-corrected chi connectivity index (χ2v) is 6.43. The van der Waals surface area contributed by atoms with Crippen molar-refractivity contribution in [3.05, 3.63) is 41.2 Å². The lowest BCUT2D eigenvalue weighted by Crippen LogP contribution is -2.27. The molecular weight excluding hydrogens is 312 g/mol. The summed E-state index contributed by atoms with van der Waals surface area (Å²) in [6.45, 7) is 4.15. The van der Waals surface area contributed by atoms with Crippen LogP contribution >= 0.6 is 11.3 Å². The van der Waals surface area contributed by atoms with E-state index in [4.69, 9.17) is 0 Å². The number of anilines is 1. The third kappa shape index (κ3) is 5.14. The lowest BCUT2D eigenvalue weighted by molar-refractivity contribution is -0.129. The Morgan fingerprint density at radius 1 is 1.39 bits per heavy atom. The number of rotatable bonds is 6. The molecule has 0 radical (unpaired) electrons. The molecule has 1 N–H and O–H groups in total. The Labute approximate surface area is 139 Å². The molecule has 0 fully saturated rings. The third-order valence-corrected chi connectivity index (χ3v) is 4.01. The second kappa shape index (κ2) is 7.82. The van der Waals surface area contributed by atoms with Crippen LogP contribution in [0.3, 0.4) is 0 Å². The summed E-state index contributed by atoms with van der Waals surface area (Å²) in [7, 11) is 1.75. The average molecular weight is 332 g/mol. The highest BCUT2D eigenvalue weighted by molar-refractivity contribution is 7.13. The first-order chi connectivity index (χ1) is 11.0. The lowest BCUT2D eigenvalue weighted by atomic mass is 10.2. The standard InChI is InChI=1S/C16H20N4O2S/c1-11(2)15(22)19-16-18-13(10-23-16)7-14(21)20(3)9-12-5-4-6-17-8-12/h4-6,8,10-11H,7,9H2,1-3H3,(H,18,19,22). The smallest absolute Gasteiger partial charge is 0.228 e. The van der Waals surface area contributed by atoms with Gasteiger partial charge >= 0.3 is 0 Å². The van der Waals surface area contributed by atoms with E-state index in [0.717, 1.165) is 5.56 Å². The molecule has 2 rings (SSSR count). The molecule has 0 saturated heterocycles. The Kier molecular flexibility index (Phi) is 5.81. The van der Waals surface area contributed by atoms with Gasteiger partial charge in [0.1, 0.15) is 0 Å². The molecule has 0 aliphatic carbocycles. The molecule has 0 spiro atoms. The van der Waals surface area contributed by atoms with Crippen LogP contribution in [-0.4, -0.2) is 33.7 Å². The number of thiazole rings is 1. The van der Waals surface area contributed by atoms with Crippen LogP contribution in [0, 0.1) is 5.92 Å². The summed E-state index contributed by atoms with van der Waals surface area (Å²) >= 11 is 1.33. The molecule has 23 heavy (non-hydrogen) atoms. The van der Waals surface area contributed by atoms with Gasteiger partial charge in [-0.1, -0.05) is 19.9 Å². The minimum absolute atomic E-state index is 0.0270. The first-order valence-corrected chi connectivity index (χ1v) is 8.22. The molecule has 0 atom stereocenters. The van der Waals surface area contributed by atoms with E-state index in [1.54, 1.807) is 29.7 Å². The van der Waals surface area contributed by atoms with Crippen LogP contribution in [0.15, 0.2) is 29.9 Å². The maximum atomic E-state index is 12.2. The summed E-state index contributed by atoms with van der Waals surface area (Å²) in [6, 6.07) is 3.77. The molecular formula is C16H20N4O2S. The Morgan fingerprint density at radius 3 is 2.83 bits per heavy atom. The van der Waals surface area contributed by atoms with Crippen LogP contribution < -0.4 is 5.32 Å². The summed E-state index contributed by atoms with van der Waals surface area (Å²) in [4.78, 5) is 33.8. The molecule has 0 aliphatic heterocycles. The van der Waals surface area contributed by atoms with E-state index in [9.17, 15) is 9.59 Å². The van der Waals surface area contributed by atoms with Crippen molar-refractivity contribution in [3.8, 4) is 0 Å². The zero-order valence-electron chi connectivity index (χ0n) is 13.4. The van der Waals surface area contributed by atoms with Gasteiger partial charge < -0.3 is 10.2 Å². The number of hydrogen-bond donors (Lipinski definition) is 1. The molecule has 0 aromatic carbocycles. The summed E-state index contributed by atoms with van der Waals surface area (Å²) in [5, 5.41) is 5.07. The molecule has 0 saturated carbocycles. The van der Waals surface area contributed by atoms with Gasteiger partial charge in [0.2, 0.25) is 11.8 Å². The summed E-state index contributed by atoms with van der Waals surface area (Å²) in [5.41, 5.74) is 1.64. The van der Waals surface area contributed by atoms with E-state index in [2.05, 4.69) is 15.3 Å². The van der Waals surface area contributed by atoms with Gasteiger partial charge in [0.15, 0.2) is 5.13 Å². The first kappa shape index (κ1) is 17.1. The number of carbonyl (C=O) groups is 2. The minimum Gasteiger partial charge on any atom is -0.341 e. The molecule has 6 nitrogen and oxygen atoms in total. The molecule has 0 aliphatic rings. The van der Waals surface area contributed by atoms with Gasteiger partial charge in [0.25, 0.3) is 0 Å². The lowest BCUT2D eigenvalue weighted by Gasteiger charge is -2.16. The molecule has 122 valence electrons. The topological polar surface area (TPSA) is 75.2 Å². The van der Waals surface area contributed by atoms with Crippen molar-refractivity contribution in [1.82, 2.24) is 14.9 Å². The van der Waals surface area contributed by atoms with Crippen molar-refractivity contribution in [3.63, 3.8) is 0 Å². The van der Waals surface area contributed by atoms with Crippen molar-refractivity contribution >= 4 is 28.3 Å². The van der Waals surface area contributed by atoms with Crippen LogP contribution in [0.1, 0.15) is 25.1 Å². The van der Waals surface area contributed by atoms with E-state index >= 15 is 0 Å². The highest BCUT2D eigenvalue weighted by atomic mass is 32.1. The Morgan fingerprint density at radius 2 is 2.17 bits per heavy atom. The summed E-state index contributed by atoms with van der Waals surface area (Å²) < 4.78 is 0. The monoisotopic (exact) mass is 332 g/mol. The van der Waals surface area contributed by atoms with Gasteiger partial charge in [-0.3, -0.25) is 14.6 Å². The SMILES string of the molecule is CC(C)C(=O)Nc1nc(CC(=O)N(C)Cc2cccnc2)cs1. The van der Waals surface area contributed by atoms with Crippen LogP contribution in [0.2, 0.25) is 0 Å². The van der Waals surface area contributed by atoms with Crippen LogP contribution in [-0.2, 0) is 22.6 Å². The molecule has 0 bridgehead atoms. The number of hydrogen-bond acceptors (Lipinski definition) is 5. The molecule has 7 heteroatoms. The normalized spacial score (nSPS) is 10.6. The van der Waals surface area contributed by atoms with Crippen molar-refractivity contribution in [2.75, 3.05) is 12.4 Å².